The van der Waals surface area contributed by atoms with Crippen LogP contribution in [0.15, 0.2) is 60.9 Å². The molecule has 0 aliphatic carbocycles. The van der Waals surface area contributed by atoms with E-state index in [1.165, 1.54) is 11.3 Å². The van der Waals surface area contributed by atoms with Crippen LogP contribution in [0, 0.1) is 13.8 Å². The summed E-state index contributed by atoms with van der Waals surface area (Å²) in [6, 6.07) is 15.5. The summed E-state index contributed by atoms with van der Waals surface area (Å²) >= 11 is 1.48. The Morgan fingerprint density at radius 2 is 1.90 bits per heavy atom. The highest BCUT2D eigenvalue weighted by molar-refractivity contribution is 7.22. The van der Waals surface area contributed by atoms with E-state index in [0.29, 0.717) is 23.0 Å². The number of hydrogen-bond donors (Lipinski definition) is 0. The van der Waals surface area contributed by atoms with Crippen molar-refractivity contribution in [2.24, 2.45) is 0 Å². The zero-order valence-electron chi connectivity index (χ0n) is 16.5. The fourth-order valence-electron chi connectivity index (χ4n) is 3.35. The summed E-state index contributed by atoms with van der Waals surface area (Å²) in [7, 11) is 1.63. The maximum atomic E-state index is 13.5. The third kappa shape index (κ3) is 3.98. The molecule has 1 amide bonds. The average Bonchev–Trinajstić information content (AvgIpc) is 3.15. The first-order valence-electron chi connectivity index (χ1n) is 9.28. The lowest BCUT2D eigenvalue weighted by molar-refractivity contribution is 0.0985. The van der Waals surface area contributed by atoms with Gasteiger partial charge in [-0.25, -0.2) is 4.98 Å². The molecule has 0 bridgehead atoms. The van der Waals surface area contributed by atoms with Gasteiger partial charge in [-0.3, -0.25) is 14.7 Å². The minimum atomic E-state index is -0.0846. The number of aryl methyl sites for hydroxylation is 2. The van der Waals surface area contributed by atoms with Crippen molar-refractivity contribution in [2.45, 2.75) is 20.4 Å². The maximum absolute atomic E-state index is 13.5. The van der Waals surface area contributed by atoms with Gasteiger partial charge in [0, 0.05) is 18.0 Å². The third-order valence-electron chi connectivity index (χ3n) is 4.60. The number of aromatic nitrogens is 2. The van der Waals surface area contributed by atoms with E-state index in [4.69, 9.17) is 9.72 Å². The second kappa shape index (κ2) is 8.01. The molecule has 0 radical (unpaired) electrons. The Kier molecular flexibility index (Phi) is 5.27. The van der Waals surface area contributed by atoms with E-state index in [0.717, 1.165) is 26.9 Å². The van der Waals surface area contributed by atoms with E-state index in [1.54, 1.807) is 24.4 Å². The van der Waals surface area contributed by atoms with Crippen LogP contribution in [0.25, 0.3) is 10.2 Å². The van der Waals surface area contributed by atoms with E-state index in [9.17, 15) is 4.79 Å². The molecular formula is C23H21N3O2S. The van der Waals surface area contributed by atoms with Gasteiger partial charge in [0.25, 0.3) is 5.91 Å². The first kappa shape index (κ1) is 19.1. The van der Waals surface area contributed by atoms with Crippen LogP contribution in [0.2, 0.25) is 0 Å². The molecule has 0 unspecified atom stereocenters. The van der Waals surface area contributed by atoms with Crippen molar-refractivity contribution in [1.82, 2.24) is 9.97 Å². The average molecular weight is 404 g/mol. The first-order chi connectivity index (χ1) is 14.0. The molecule has 29 heavy (non-hydrogen) atoms. The SMILES string of the molecule is COc1cccc2sc(N(Cc3cccnc3)C(=O)c3cc(C)cc(C)c3)nc12. The van der Waals surface area contributed by atoms with E-state index in [-0.39, 0.29) is 5.91 Å². The normalized spacial score (nSPS) is 10.9. The molecule has 0 N–H and O–H groups in total. The second-order valence-corrected chi connectivity index (χ2v) is 7.94. The molecule has 4 aromatic rings. The lowest BCUT2D eigenvalue weighted by atomic mass is 10.1. The van der Waals surface area contributed by atoms with Crippen LogP contribution in [-0.4, -0.2) is 23.0 Å². The van der Waals surface area contributed by atoms with Gasteiger partial charge >= 0.3 is 0 Å². The summed E-state index contributed by atoms with van der Waals surface area (Å²) < 4.78 is 6.42. The topological polar surface area (TPSA) is 55.3 Å². The van der Waals surface area contributed by atoms with E-state index in [2.05, 4.69) is 11.1 Å². The van der Waals surface area contributed by atoms with Gasteiger partial charge in [-0.15, -0.1) is 0 Å². The summed E-state index contributed by atoms with van der Waals surface area (Å²) in [6.45, 7) is 4.39. The molecule has 0 aliphatic heterocycles. The molecule has 6 heteroatoms. The molecule has 0 aliphatic rings. The standard InChI is InChI=1S/C23H21N3O2S/c1-15-10-16(2)12-18(11-15)22(27)26(14-17-6-5-9-24-13-17)23-25-21-19(28-3)7-4-8-20(21)29-23/h4-13H,14H2,1-3H3. The van der Waals surface area contributed by atoms with Crippen LogP contribution in [0.5, 0.6) is 5.75 Å². The van der Waals surface area contributed by atoms with Crippen molar-refractivity contribution < 1.29 is 9.53 Å². The number of rotatable bonds is 5. The van der Waals surface area contributed by atoms with Gasteiger partial charge < -0.3 is 4.74 Å². The van der Waals surface area contributed by atoms with Crippen LogP contribution in [0.3, 0.4) is 0 Å². The number of pyridine rings is 1. The lowest BCUT2D eigenvalue weighted by Crippen LogP contribution is -2.30. The number of thiazole rings is 1. The molecule has 4 rings (SSSR count). The highest BCUT2D eigenvalue weighted by Gasteiger charge is 2.23. The Morgan fingerprint density at radius 1 is 1.10 bits per heavy atom. The van der Waals surface area contributed by atoms with Crippen molar-refractivity contribution in [3.8, 4) is 5.75 Å². The fraction of sp³-hybridized carbons (Fsp3) is 0.174. The number of anilines is 1. The highest BCUT2D eigenvalue weighted by Crippen LogP contribution is 2.35. The predicted molar refractivity (Wildman–Crippen MR) is 117 cm³/mol. The number of hydrogen-bond acceptors (Lipinski definition) is 5. The van der Waals surface area contributed by atoms with Crippen LogP contribution in [-0.2, 0) is 6.54 Å². The molecule has 5 nitrogen and oxygen atoms in total. The molecule has 0 atom stereocenters. The Hall–Kier alpha value is -3.25. The van der Waals surface area contributed by atoms with E-state index >= 15 is 0 Å². The molecule has 0 saturated heterocycles. The van der Waals surface area contributed by atoms with Crippen LogP contribution in [0.4, 0.5) is 5.13 Å². The quantitative estimate of drug-likeness (QED) is 0.462. The summed E-state index contributed by atoms with van der Waals surface area (Å²) in [5, 5.41) is 0.637. The van der Waals surface area contributed by atoms with Gasteiger partial charge in [-0.1, -0.05) is 40.7 Å². The summed E-state index contributed by atoms with van der Waals surface area (Å²) in [4.78, 5) is 24.2. The van der Waals surface area contributed by atoms with Crippen molar-refractivity contribution >= 4 is 32.6 Å². The largest absolute Gasteiger partial charge is 0.494 e. The van der Waals surface area contributed by atoms with Gasteiger partial charge in [0.1, 0.15) is 11.3 Å². The van der Waals surface area contributed by atoms with Gasteiger partial charge in [0.15, 0.2) is 5.13 Å². The zero-order chi connectivity index (χ0) is 20.4. The van der Waals surface area contributed by atoms with Gasteiger partial charge in [0.2, 0.25) is 0 Å². The number of nitrogens with zero attached hydrogens (tertiary/aromatic N) is 3. The third-order valence-corrected chi connectivity index (χ3v) is 5.64. The number of carbonyl (C=O) groups is 1. The molecule has 0 fully saturated rings. The van der Waals surface area contributed by atoms with Crippen molar-refractivity contribution in [1.29, 1.82) is 0 Å². The maximum Gasteiger partial charge on any atom is 0.260 e. The number of methoxy groups -OCH3 is 1. The van der Waals surface area contributed by atoms with E-state index in [1.807, 2.05) is 56.3 Å². The number of amides is 1. The molecule has 0 saturated carbocycles. The molecule has 2 aromatic heterocycles. The van der Waals surface area contributed by atoms with Crippen molar-refractivity contribution in [3.63, 3.8) is 0 Å². The van der Waals surface area contributed by atoms with E-state index < -0.39 is 0 Å². The zero-order valence-corrected chi connectivity index (χ0v) is 17.4. The number of ether oxygens (including phenoxy) is 1. The van der Waals surface area contributed by atoms with Crippen LogP contribution >= 0.6 is 11.3 Å². The number of fused-ring (bicyclic) bond motifs is 1. The number of carbonyl (C=O) groups excluding carboxylic acids is 1. The van der Waals surface area contributed by atoms with Gasteiger partial charge in [0.05, 0.1) is 18.4 Å². The Balaban J connectivity index is 1.81. The Morgan fingerprint density at radius 3 is 2.59 bits per heavy atom. The second-order valence-electron chi connectivity index (χ2n) is 6.93. The molecule has 0 spiro atoms. The van der Waals surface area contributed by atoms with Gasteiger partial charge in [-0.05, 0) is 49.7 Å². The van der Waals surface area contributed by atoms with Crippen LogP contribution in [0.1, 0.15) is 27.0 Å². The number of para-hydroxylation sites is 1. The first-order valence-corrected chi connectivity index (χ1v) is 10.1. The highest BCUT2D eigenvalue weighted by atomic mass is 32.1. The summed E-state index contributed by atoms with van der Waals surface area (Å²) in [5.74, 6) is 0.615. The van der Waals surface area contributed by atoms with Crippen molar-refractivity contribution in [2.75, 3.05) is 12.0 Å². The monoisotopic (exact) mass is 403 g/mol. The smallest absolute Gasteiger partial charge is 0.260 e. The van der Waals surface area contributed by atoms with Crippen LogP contribution < -0.4 is 9.64 Å². The Labute approximate surface area is 173 Å². The number of benzene rings is 2. The fourth-order valence-corrected chi connectivity index (χ4v) is 4.33. The predicted octanol–water partition coefficient (Wildman–Crippen LogP) is 5.16. The van der Waals surface area contributed by atoms with Gasteiger partial charge in [-0.2, -0.15) is 0 Å². The molecule has 2 aromatic carbocycles. The van der Waals surface area contributed by atoms with Crippen molar-refractivity contribution in [3.05, 3.63) is 83.2 Å². The molecular weight excluding hydrogens is 382 g/mol. The summed E-state index contributed by atoms with van der Waals surface area (Å²) in [5.41, 5.74) is 4.47. The minimum absolute atomic E-state index is 0.0846. The summed E-state index contributed by atoms with van der Waals surface area (Å²) in [6.07, 6.45) is 3.50. The Bertz CT molecular complexity index is 1150. The molecule has 146 valence electrons. The lowest BCUT2D eigenvalue weighted by Gasteiger charge is -2.20. The molecule has 2 heterocycles. The minimum Gasteiger partial charge on any atom is -0.494 e.